The number of hydrogen-bond donors (Lipinski definition) is 0. The van der Waals surface area contributed by atoms with Gasteiger partial charge in [0, 0.05) is 6.42 Å². The molecule has 0 radical (unpaired) electrons. The second-order valence-electron chi connectivity index (χ2n) is 5.61. The maximum absolute atomic E-state index is 11.0. The van der Waals surface area contributed by atoms with Crippen LogP contribution in [0.1, 0.15) is 58.3 Å². The zero-order valence-electron chi connectivity index (χ0n) is 15.8. The first kappa shape index (κ1) is 23.5. The van der Waals surface area contributed by atoms with Crippen LogP contribution in [-0.2, 0) is 4.79 Å². The van der Waals surface area contributed by atoms with E-state index in [1.807, 2.05) is 12.2 Å². The lowest BCUT2D eigenvalue weighted by Gasteiger charge is -1.93. The smallest absolute Gasteiger partial charge is 0.246 e. The maximum Gasteiger partial charge on any atom is 0.246 e. The van der Waals surface area contributed by atoms with Gasteiger partial charge in [0.1, 0.15) is 6.29 Å². The molecule has 0 fully saturated rings. The first-order valence-corrected chi connectivity index (χ1v) is 9.24. The van der Waals surface area contributed by atoms with Crippen molar-refractivity contribution < 1.29 is 9.72 Å². The van der Waals surface area contributed by atoms with Crippen molar-refractivity contribution in [1.82, 2.24) is 0 Å². The fraction of sp³-hybridized carbons (Fsp3) is 0.409. The Balaban J connectivity index is 4.01. The van der Waals surface area contributed by atoms with Gasteiger partial charge >= 0.3 is 0 Å². The number of carbonyl (C=O) groups excluding carboxylic acids is 1. The van der Waals surface area contributed by atoms with Crippen molar-refractivity contribution in [1.29, 1.82) is 0 Å². The SMILES string of the molecule is CC/C=C/C/C=C/C/C=C/C/C=C/C/C=C(/C/C=C/CCC=O)[N+](=O)[O-]. The van der Waals surface area contributed by atoms with Gasteiger partial charge in [-0.15, -0.1) is 0 Å². The van der Waals surface area contributed by atoms with E-state index < -0.39 is 0 Å². The Morgan fingerprint density at radius 2 is 1.31 bits per heavy atom. The summed E-state index contributed by atoms with van der Waals surface area (Å²) in [6.45, 7) is 2.12. The quantitative estimate of drug-likeness (QED) is 0.114. The van der Waals surface area contributed by atoms with Crippen molar-refractivity contribution in [3.63, 3.8) is 0 Å². The van der Waals surface area contributed by atoms with Crippen LogP contribution in [0.5, 0.6) is 0 Å². The zero-order valence-corrected chi connectivity index (χ0v) is 15.8. The van der Waals surface area contributed by atoms with Crippen molar-refractivity contribution in [2.24, 2.45) is 0 Å². The molecule has 0 atom stereocenters. The van der Waals surface area contributed by atoms with Crippen LogP contribution in [0.15, 0.2) is 72.5 Å². The standard InChI is InChI=1S/C22H31NO3/c1-2-3-4-5-6-7-8-9-10-11-12-13-16-19-22(23(25)26)20-17-14-15-18-21-24/h3-4,6-7,9-10,12-14,17,19,21H,2,5,8,11,15-16,18,20H2,1H3/b4-3+,7-6+,10-9+,13-12+,17-14+,22-19-. The van der Waals surface area contributed by atoms with Gasteiger partial charge in [0.25, 0.3) is 0 Å². The molecular formula is C22H31NO3. The molecule has 0 saturated carbocycles. The monoisotopic (exact) mass is 357 g/mol. The molecule has 0 spiro atoms. The molecule has 0 bridgehead atoms. The molecule has 4 nitrogen and oxygen atoms in total. The van der Waals surface area contributed by atoms with Gasteiger partial charge in [-0.2, -0.15) is 0 Å². The van der Waals surface area contributed by atoms with Gasteiger partial charge in [-0.3, -0.25) is 10.1 Å². The number of rotatable bonds is 15. The summed E-state index contributed by atoms with van der Waals surface area (Å²) >= 11 is 0. The number of hydrogen-bond acceptors (Lipinski definition) is 3. The molecule has 0 amide bonds. The highest BCUT2D eigenvalue weighted by Crippen LogP contribution is 2.06. The van der Waals surface area contributed by atoms with E-state index in [9.17, 15) is 14.9 Å². The van der Waals surface area contributed by atoms with Gasteiger partial charge in [0.05, 0.1) is 11.3 Å². The van der Waals surface area contributed by atoms with E-state index >= 15 is 0 Å². The van der Waals surface area contributed by atoms with E-state index in [-0.39, 0.29) is 10.6 Å². The fourth-order valence-electron chi connectivity index (χ4n) is 2.00. The van der Waals surface area contributed by atoms with Crippen LogP contribution in [0.2, 0.25) is 0 Å². The molecule has 0 saturated heterocycles. The van der Waals surface area contributed by atoms with Crippen molar-refractivity contribution in [2.75, 3.05) is 0 Å². The van der Waals surface area contributed by atoms with Crippen molar-refractivity contribution >= 4 is 6.29 Å². The molecule has 0 aliphatic rings. The minimum Gasteiger partial charge on any atom is -0.303 e. The number of carbonyl (C=O) groups is 1. The van der Waals surface area contributed by atoms with Gasteiger partial charge in [-0.1, -0.05) is 67.7 Å². The van der Waals surface area contributed by atoms with Crippen LogP contribution in [-0.4, -0.2) is 11.2 Å². The molecule has 26 heavy (non-hydrogen) atoms. The summed E-state index contributed by atoms with van der Waals surface area (Å²) in [5, 5.41) is 11.0. The summed E-state index contributed by atoms with van der Waals surface area (Å²) in [6, 6.07) is 0. The second-order valence-corrected chi connectivity index (χ2v) is 5.61. The molecule has 0 N–H and O–H groups in total. The zero-order chi connectivity index (χ0) is 19.3. The average molecular weight is 357 g/mol. The van der Waals surface area contributed by atoms with Crippen LogP contribution in [0.3, 0.4) is 0 Å². The van der Waals surface area contributed by atoms with Crippen LogP contribution >= 0.6 is 0 Å². The molecule has 0 aliphatic carbocycles. The topological polar surface area (TPSA) is 60.2 Å². The van der Waals surface area contributed by atoms with E-state index in [1.165, 1.54) is 0 Å². The Morgan fingerprint density at radius 1 is 0.769 bits per heavy atom. The van der Waals surface area contributed by atoms with Crippen LogP contribution < -0.4 is 0 Å². The molecule has 4 heteroatoms. The van der Waals surface area contributed by atoms with E-state index in [2.05, 4.69) is 43.4 Å². The molecule has 0 aromatic carbocycles. The molecule has 0 aromatic heterocycles. The maximum atomic E-state index is 11.0. The fourth-order valence-corrected chi connectivity index (χ4v) is 2.00. The van der Waals surface area contributed by atoms with Crippen molar-refractivity contribution in [3.05, 3.63) is 82.6 Å². The summed E-state index contributed by atoms with van der Waals surface area (Å²) in [7, 11) is 0. The van der Waals surface area contributed by atoms with Crippen LogP contribution in [0.25, 0.3) is 0 Å². The van der Waals surface area contributed by atoms with Gasteiger partial charge in [0.2, 0.25) is 5.70 Å². The molecule has 0 unspecified atom stereocenters. The third-order valence-corrected chi connectivity index (χ3v) is 3.39. The van der Waals surface area contributed by atoms with E-state index in [0.29, 0.717) is 25.7 Å². The lowest BCUT2D eigenvalue weighted by atomic mass is 10.2. The molecule has 0 aliphatic heterocycles. The summed E-state index contributed by atoms with van der Waals surface area (Å²) in [4.78, 5) is 20.8. The predicted octanol–water partition coefficient (Wildman–Crippen LogP) is 6.27. The lowest BCUT2D eigenvalue weighted by molar-refractivity contribution is -0.427. The first-order valence-electron chi connectivity index (χ1n) is 9.24. The number of nitrogens with zero attached hydrogens (tertiary/aromatic N) is 1. The second kappa shape index (κ2) is 18.8. The average Bonchev–Trinajstić information content (AvgIpc) is 2.63. The Kier molecular flexibility index (Phi) is 17.0. The van der Waals surface area contributed by atoms with E-state index in [4.69, 9.17) is 0 Å². The third-order valence-electron chi connectivity index (χ3n) is 3.39. The highest BCUT2D eigenvalue weighted by molar-refractivity contribution is 5.49. The Bertz CT molecular complexity index is 552. The highest BCUT2D eigenvalue weighted by Gasteiger charge is 2.06. The summed E-state index contributed by atoms with van der Waals surface area (Å²) < 4.78 is 0. The van der Waals surface area contributed by atoms with Gasteiger partial charge < -0.3 is 4.79 Å². The minimum absolute atomic E-state index is 0.190. The van der Waals surface area contributed by atoms with Crippen LogP contribution in [0, 0.1) is 10.1 Å². The third kappa shape index (κ3) is 16.4. The number of nitro groups is 1. The highest BCUT2D eigenvalue weighted by atomic mass is 16.6. The van der Waals surface area contributed by atoms with Crippen molar-refractivity contribution in [3.8, 4) is 0 Å². The summed E-state index contributed by atoms with van der Waals surface area (Å²) in [5.74, 6) is 0. The molecule has 0 aromatic rings. The molecule has 0 rings (SSSR count). The van der Waals surface area contributed by atoms with Gasteiger partial charge in [-0.05, 0) is 44.6 Å². The molecular weight excluding hydrogens is 326 g/mol. The van der Waals surface area contributed by atoms with Crippen LogP contribution in [0.4, 0.5) is 0 Å². The minimum atomic E-state index is -0.347. The van der Waals surface area contributed by atoms with Gasteiger partial charge in [0.15, 0.2) is 0 Å². The summed E-state index contributed by atoms with van der Waals surface area (Å²) in [5.41, 5.74) is 0.190. The Labute approximate surface area is 157 Å². The van der Waals surface area contributed by atoms with Gasteiger partial charge in [-0.25, -0.2) is 0 Å². The number of unbranched alkanes of at least 4 members (excludes halogenated alkanes) is 1. The largest absolute Gasteiger partial charge is 0.303 e. The Morgan fingerprint density at radius 3 is 1.81 bits per heavy atom. The van der Waals surface area contributed by atoms with Crippen molar-refractivity contribution in [2.45, 2.75) is 58.3 Å². The normalized spacial score (nSPS) is 13.2. The lowest BCUT2D eigenvalue weighted by Crippen LogP contribution is -1.97. The number of allylic oxidation sites excluding steroid dienone is 11. The molecule has 142 valence electrons. The molecule has 0 heterocycles. The summed E-state index contributed by atoms with van der Waals surface area (Å²) in [6.07, 6.45) is 28.6. The number of aldehydes is 1. The Hall–Kier alpha value is -2.49. The van der Waals surface area contributed by atoms with E-state index in [1.54, 1.807) is 18.2 Å². The first-order chi connectivity index (χ1) is 12.7. The predicted molar refractivity (Wildman–Crippen MR) is 109 cm³/mol. The van der Waals surface area contributed by atoms with E-state index in [0.717, 1.165) is 32.0 Å².